The zero-order chi connectivity index (χ0) is 17.4. The Morgan fingerprint density at radius 2 is 2.00 bits per heavy atom. The Hall–Kier alpha value is -2.18. The topological polar surface area (TPSA) is 79.0 Å². The molecule has 0 aliphatic rings. The van der Waals surface area contributed by atoms with Crippen molar-refractivity contribution in [1.29, 1.82) is 0 Å². The molecule has 0 saturated heterocycles. The van der Waals surface area contributed by atoms with Gasteiger partial charge in [0.05, 0.1) is 24.0 Å². The van der Waals surface area contributed by atoms with Gasteiger partial charge < -0.3 is 4.74 Å². The highest BCUT2D eigenvalue weighted by atomic mass is 16.5. The van der Waals surface area contributed by atoms with Gasteiger partial charge >= 0.3 is 5.97 Å². The lowest BCUT2D eigenvalue weighted by Crippen LogP contribution is -2.33. The molecule has 23 heavy (non-hydrogen) atoms. The van der Waals surface area contributed by atoms with Crippen LogP contribution in [-0.4, -0.2) is 32.1 Å². The van der Waals surface area contributed by atoms with Crippen LogP contribution in [0.1, 0.15) is 53.2 Å². The van der Waals surface area contributed by atoms with E-state index in [9.17, 15) is 9.59 Å². The number of hydrogen-bond acceptors (Lipinski definition) is 5. The normalized spacial score (nSPS) is 12.1. The van der Waals surface area contributed by atoms with Gasteiger partial charge in [-0.05, 0) is 33.6 Å². The minimum Gasteiger partial charge on any atom is -0.465 e. The molecule has 2 aromatic heterocycles. The number of hydrogen-bond donors (Lipinski definition) is 0. The van der Waals surface area contributed by atoms with Gasteiger partial charge in [0.25, 0.3) is 5.56 Å². The number of fused-ring (bicyclic) bond motifs is 1. The van der Waals surface area contributed by atoms with Crippen molar-refractivity contribution in [2.45, 2.75) is 59.5 Å². The van der Waals surface area contributed by atoms with Crippen molar-refractivity contribution in [3.63, 3.8) is 0 Å². The summed E-state index contributed by atoms with van der Waals surface area (Å²) in [5.74, 6) is -0.373. The number of aromatic nitrogens is 4. The van der Waals surface area contributed by atoms with E-state index in [2.05, 4.69) is 10.2 Å². The highest BCUT2D eigenvalue weighted by Crippen LogP contribution is 2.24. The summed E-state index contributed by atoms with van der Waals surface area (Å²) < 4.78 is 7.81. The van der Waals surface area contributed by atoms with Gasteiger partial charge in [0, 0.05) is 5.39 Å². The Morgan fingerprint density at radius 3 is 2.52 bits per heavy atom. The molecule has 2 heterocycles. The first-order chi connectivity index (χ1) is 10.7. The molecular weight excluding hydrogens is 296 g/mol. The average molecular weight is 320 g/mol. The standard InChI is InChI=1S/C16H24N4O3/c1-7-23-12(21)9-19-15(22)14-11(13(18-19)10(2)3)8-17-20(14)16(4,5)6/h8,10H,7,9H2,1-6H3. The predicted molar refractivity (Wildman–Crippen MR) is 87.5 cm³/mol. The van der Waals surface area contributed by atoms with Gasteiger partial charge in [0.15, 0.2) is 0 Å². The van der Waals surface area contributed by atoms with E-state index >= 15 is 0 Å². The van der Waals surface area contributed by atoms with Crippen LogP contribution in [0, 0.1) is 0 Å². The molecule has 2 rings (SSSR count). The third kappa shape index (κ3) is 3.28. The first-order valence-corrected chi connectivity index (χ1v) is 7.81. The Bertz CT molecular complexity index is 781. The number of esters is 1. The molecule has 0 spiro atoms. The zero-order valence-electron chi connectivity index (χ0n) is 14.6. The monoisotopic (exact) mass is 320 g/mol. The van der Waals surface area contributed by atoms with Crippen LogP contribution in [0.5, 0.6) is 0 Å². The maximum atomic E-state index is 12.8. The summed E-state index contributed by atoms with van der Waals surface area (Å²) in [7, 11) is 0. The van der Waals surface area contributed by atoms with E-state index in [0.29, 0.717) is 5.52 Å². The summed E-state index contributed by atoms with van der Waals surface area (Å²) >= 11 is 0. The molecule has 0 fully saturated rings. The molecular formula is C16H24N4O3. The van der Waals surface area contributed by atoms with E-state index in [0.717, 1.165) is 11.1 Å². The summed E-state index contributed by atoms with van der Waals surface area (Å²) in [6.07, 6.45) is 1.68. The van der Waals surface area contributed by atoms with Crippen LogP contribution in [0.3, 0.4) is 0 Å². The van der Waals surface area contributed by atoms with E-state index in [4.69, 9.17) is 4.74 Å². The maximum Gasteiger partial charge on any atom is 0.327 e. The summed E-state index contributed by atoms with van der Waals surface area (Å²) in [5.41, 5.74) is 0.544. The molecule has 2 aromatic rings. The summed E-state index contributed by atoms with van der Waals surface area (Å²) in [6, 6.07) is 0. The molecule has 0 N–H and O–H groups in total. The lowest BCUT2D eigenvalue weighted by molar-refractivity contribution is -0.144. The molecule has 0 amide bonds. The predicted octanol–water partition coefficient (Wildman–Crippen LogP) is 2.03. The maximum absolute atomic E-state index is 12.8. The Balaban J connectivity index is 2.72. The number of ether oxygens (including phenoxy) is 1. The van der Waals surface area contributed by atoms with Crippen molar-refractivity contribution in [3.05, 3.63) is 22.2 Å². The van der Waals surface area contributed by atoms with Crippen LogP contribution < -0.4 is 5.56 Å². The largest absolute Gasteiger partial charge is 0.465 e. The molecule has 0 atom stereocenters. The molecule has 7 nitrogen and oxygen atoms in total. The van der Waals surface area contributed by atoms with E-state index in [-0.39, 0.29) is 30.2 Å². The van der Waals surface area contributed by atoms with Crippen LogP contribution in [0.15, 0.2) is 11.0 Å². The van der Waals surface area contributed by atoms with Crippen LogP contribution in [0.25, 0.3) is 10.9 Å². The summed E-state index contributed by atoms with van der Waals surface area (Å²) in [5, 5.41) is 9.48. The van der Waals surface area contributed by atoms with Crippen molar-refractivity contribution in [2.75, 3.05) is 6.61 Å². The molecule has 0 aliphatic carbocycles. The quantitative estimate of drug-likeness (QED) is 0.805. The SMILES string of the molecule is CCOC(=O)Cn1nc(C(C)C)c2cnn(C(C)(C)C)c2c1=O. The van der Waals surface area contributed by atoms with E-state index in [1.807, 2.05) is 34.6 Å². The van der Waals surface area contributed by atoms with Gasteiger partial charge in [0.2, 0.25) is 0 Å². The van der Waals surface area contributed by atoms with Crippen LogP contribution in [-0.2, 0) is 21.6 Å². The lowest BCUT2D eigenvalue weighted by atomic mass is 10.1. The van der Waals surface area contributed by atoms with Crippen molar-refractivity contribution in [1.82, 2.24) is 19.6 Å². The molecule has 7 heteroatoms. The molecule has 0 aliphatic heterocycles. The third-order valence-electron chi connectivity index (χ3n) is 3.48. The van der Waals surface area contributed by atoms with Gasteiger partial charge in [-0.25, -0.2) is 4.68 Å². The molecule has 0 unspecified atom stereocenters. The van der Waals surface area contributed by atoms with Crippen molar-refractivity contribution in [2.24, 2.45) is 0 Å². The van der Waals surface area contributed by atoms with Crippen LogP contribution in [0.2, 0.25) is 0 Å². The second kappa shape index (κ2) is 6.14. The Morgan fingerprint density at radius 1 is 1.35 bits per heavy atom. The van der Waals surface area contributed by atoms with Crippen molar-refractivity contribution >= 4 is 16.9 Å². The van der Waals surface area contributed by atoms with E-state index < -0.39 is 5.97 Å². The van der Waals surface area contributed by atoms with Crippen LogP contribution >= 0.6 is 0 Å². The number of nitrogens with zero attached hydrogens (tertiary/aromatic N) is 4. The van der Waals surface area contributed by atoms with Crippen LogP contribution in [0.4, 0.5) is 0 Å². The Kier molecular flexibility index (Phi) is 4.58. The minimum absolute atomic E-state index is 0.101. The fourth-order valence-corrected chi connectivity index (χ4v) is 2.46. The average Bonchev–Trinajstić information content (AvgIpc) is 2.86. The number of rotatable bonds is 4. The van der Waals surface area contributed by atoms with Gasteiger partial charge in [0.1, 0.15) is 12.1 Å². The van der Waals surface area contributed by atoms with Gasteiger partial charge in [-0.1, -0.05) is 13.8 Å². The number of carbonyl (C=O) groups excluding carboxylic acids is 1. The van der Waals surface area contributed by atoms with E-state index in [1.165, 1.54) is 4.68 Å². The highest BCUT2D eigenvalue weighted by Gasteiger charge is 2.24. The van der Waals surface area contributed by atoms with E-state index in [1.54, 1.807) is 17.8 Å². The molecule has 0 aromatic carbocycles. The summed E-state index contributed by atoms with van der Waals surface area (Å²) in [6.45, 7) is 11.7. The van der Waals surface area contributed by atoms with Gasteiger partial charge in [-0.3, -0.25) is 14.3 Å². The Labute approximate surface area is 135 Å². The minimum atomic E-state index is -0.474. The fraction of sp³-hybridized carbons (Fsp3) is 0.625. The summed E-state index contributed by atoms with van der Waals surface area (Å²) in [4.78, 5) is 24.6. The second-order valence-corrected chi connectivity index (χ2v) is 6.80. The van der Waals surface area contributed by atoms with Gasteiger partial charge in [-0.2, -0.15) is 10.2 Å². The molecule has 0 bridgehead atoms. The van der Waals surface area contributed by atoms with Gasteiger partial charge in [-0.15, -0.1) is 0 Å². The fourth-order valence-electron chi connectivity index (χ4n) is 2.46. The van der Waals surface area contributed by atoms with Crippen molar-refractivity contribution in [3.8, 4) is 0 Å². The smallest absolute Gasteiger partial charge is 0.327 e. The third-order valence-corrected chi connectivity index (χ3v) is 3.48. The first kappa shape index (κ1) is 17.2. The number of carbonyl (C=O) groups is 1. The molecule has 0 saturated carbocycles. The zero-order valence-corrected chi connectivity index (χ0v) is 14.6. The molecule has 126 valence electrons. The molecule has 0 radical (unpaired) electrons. The van der Waals surface area contributed by atoms with Crippen molar-refractivity contribution < 1.29 is 9.53 Å². The first-order valence-electron chi connectivity index (χ1n) is 7.81. The lowest BCUT2D eigenvalue weighted by Gasteiger charge is -2.20. The highest BCUT2D eigenvalue weighted by molar-refractivity contribution is 5.81. The second-order valence-electron chi connectivity index (χ2n) is 6.80.